The smallest absolute Gasteiger partial charge is 0.128 e. The monoisotopic (exact) mass is 298 g/mol. The topological polar surface area (TPSA) is 15.3 Å². The summed E-state index contributed by atoms with van der Waals surface area (Å²) >= 11 is 6.08. The maximum absolute atomic E-state index is 14.3. The summed E-state index contributed by atoms with van der Waals surface area (Å²) in [4.78, 5) is 2.42. The van der Waals surface area contributed by atoms with Crippen LogP contribution >= 0.6 is 11.6 Å². The van der Waals surface area contributed by atoms with Crippen LogP contribution in [-0.4, -0.2) is 31.6 Å². The van der Waals surface area contributed by atoms with Crippen LogP contribution in [0.4, 0.5) is 4.39 Å². The molecule has 1 aliphatic rings. The van der Waals surface area contributed by atoms with Gasteiger partial charge in [0.2, 0.25) is 0 Å². The maximum Gasteiger partial charge on any atom is 0.128 e. The molecule has 112 valence electrons. The first-order chi connectivity index (χ1) is 9.67. The quantitative estimate of drug-likeness (QED) is 0.888. The van der Waals surface area contributed by atoms with Crippen molar-refractivity contribution in [3.63, 3.8) is 0 Å². The molecule has 0 radical (unpaired) electrons. The number of nitrogens with one attached hydrogen (secondary N) is 1. The van der Waals surface area contributed by atoms with Crippen LogP contribution in [0.1, 0.15) is 37.8 Å². The van der Waals surface area contributed by atoms with Gasteiger partial charge >= 0.3 is 0 Å². The van der Waals surface area contributed by atoms with E-state index in [1.54, 1.807) is 12.1 Å². The predicted molar refractivity (Wildman–Crippen MR) is 82.7 cm³/mol. The zero-order chi connectivity index (χ0) is 14.5. The summed E-state index contributed by atoms with van der Waals surface area (Å²) in [5.74, 6) is 0.303. The Labute approximate surface area is 126 Å². The molecule has 1 aliphatic heterocycles. The molecule has 4 heteroatoms. The van der Waals surface area contributed by atoms with Gasteiger partial charge in [-0.1, -0.05) is 18.5 Å². The highest BCUT2D eigenvalue weighted by atomic mass is 35.5. The molecule has 1 heterocycles. The molecule has 0 aliphatic carbocycles. The highest BCUT2D eigenvalue weighted by Gasteiger charge is 2.33. The molecule has 0 amide bonds. The van der Waals surface area contributed by atoms with Gasteiger partial charge in [-0.15, -0.1) is 0 Å². The molecule has 2 atom stereocenters. The SMILES string of the molecule is CCCN1CCCC(CNC)C1c1cc(Cl)ccc1F. The van der Waals surface area contributed by atoms with Gasteiger partial charge in [0.15, 0.2) is 0 Å². The van der Waals surface area contributed by atoms with E-state index < -0.39 is 0 Å². The Balaban J connectivity index is 2.34. The summed E-state index contributed by atoms with van der Waals surface area (Å²) in [6.07, 6.45) is 3.41. The Kier molecular flexibility index (Phi) is 5.82. The molecule has 20 heavy (non-hydrogen) atoms. The fourth-order valence-corrected chi connectivity index (χ4v) is 3.54. The first-order valence-electron chi connectivity index (χ1n) is 7.51. The molecule has 2 nitrogen and oxygen atoms in total. The van der Waals surface area contributed by atoms with Crippen LogP contribution in [-0.2, 0) is 0 Å². The predicted octanol–water partition coefficient (Wildman–Crippen LogP) is 3.86. The van der Waals surface area contributed by atoms with E-state index in [0.29, 0.717) is 10.9 Å². The van der Waals surface area contributed by atoms with Crippen LogP contribution in [0.5, 0.6) is 0 Å². The molecule has 0 aromatic heterocycles. The van der Waals surface area contributed by atoms with Crippen molar-refractivity contribution >= 4 is 11.6 Å². The third kappa shape index (κ3) is 3.51. The van der Waals surface area contributed by atoms with Crippen LogP contribution < -0.4 is 5.32 Å². The van der Waals surface area contributed by atoms with Crippen LogP contribution in [0.3, 0.4) is 0 Å². The zero-order valence-electron chi connectivity index (χ0n) is 12.3. The Hall–Kier alpha value is -0.640. The van der Waals surface area contributed by atoms with Gasteiger partial charge in [0.05, 0.1) is 0 Å². The highest BCUT2D eigenvalue weighted by molar-refractivity contribution is 6.30. The summed E-state index contributed by atoms with van der Waals surface area (Å²) in [7, 11) is 1.96. The van der Waals surface area contributed by atoms with E-state index in [0.717, 1.165) is 38.0 Å². The minimum absolute atomic E-state index is 0.134. The summed E-state index contributed by atoms with van der Waals surface area (Å²) in [5.41, 5.74) is 0.755. The summed E-state index contributed by atoms with van der Waals surface area (Å²) in [6, 6.07) is 5.06. The first kappa shape index (κ1) is 15.7. The van der Waals surface area contributed by atoms with E-state index in [2.05, 4.69) is 17.1 Å². The number of halogens is 2. The van der Waals surface area contributed by atoms with E-state index in [9.17, 15) is 4.39 Å². The standard InChI is InChI=1S/C16H24ClFN2/c1-3-8-20-9-4-5-12(11-19-2)16(20)14-10-13(17)6-7-15(14)18/h6-7,10,12,16,19H,3-5,8-9,11H2,1-2H3. The number of likely N-dealkylation sites (tertiary alicyclic amines) is 1. The minimum Gasteiger partial charge on any atom is -0.319 e. The van der Waals surface area contributed by atoms with Crippen molar-refractivity contribution in [2.45, 2.75) is 32.2 Å². The Morgan fingerprint density at radius 2 is 2.25 bits per heavy atom. The van der Waals surface area contributed by atoms with Crippen molar-refractivity contribution in [3.05, 3.63) is 34.6 Å². The Morgan fingerprint density at radius 1 is 1.45 bits per heavy atom. The Morgan fingerprint density at radius 3 is 2.95 bits per heavy atom. The maximum atomic E-state index is 14.3. The van der Waals surface area contributed by atoms with Crippen LogP contribution in [0.15, 0.2) is 18.2 Å². The molecule has 1 N–H and O–H groups in total. The van der Waals surface area contributed by atoms with E-state index >= 15 is 0 Å². The van der Waals surface area contributed by atoms with Gasteiger partial charge in [-0.25, -0.2) is 4.39 Å². The van der Waals surface area contributed by atoms with Gasteiger partial charge in [-0.3, -0.25) is 4.90 Å². The van der Waals surface area contributed by atoms with Gasteiger partial charge in [0, 0.05) is 16.6 Å². The third-order valence-corrected chi connectivity index (χ3v) is 4.35. The van der Waals surface area contributed by atoms with Gasteiger partial charge < -0.3 is 5.32 Å². The zero-order valence-corrected chi connectivity index (χ0v) is 13.1. The largest absolute Gasteiger partial charge is 0.319 e. The molecule has 1 aromatic carbocycles. The number of hydrogen-bond acceptors (Lipinski definition) is 2. The summed E-state index contributed by atoms with van der Waals surface area (Å²) < 4.78 is 14.3. The molecule has 0 bridgehead atoms. The first-order valence-corrected chi connectivity index (χ1v) is 7.88. The number of rotatable bonds is 5. The lowest BCUT2D eigenvalue weighted by molar-refractivity contribution is 0.0898. The molecular weight excluding hydrogens is 275 g/mol. The van der Waals surface area contributed by atoms with Crippen molar-refractivity contribution in [1.82, 2.24) is 10.2 Å². The van der Waals surface area contributed by atoms with Gasteiger partial charge in [0.1, 0.15) is 5.82 Å². The van der Waals surface area contributed by atoms with Crippen LogP contribution in [0, 0.1) is 11.7 Å². The fraction of sp³-hybridized carbons (Fsp3) is 0.625. The summed E-state index contributed by atoms with van der Waals surface area (Å²) in [6.45, 7) is 5.14. The second kappa shape index (κ2) is 7.39. The second-order valence-corrected chi connectivity index (χ2v) is 6.04. The van der Waals surface area contributed by atoms with Gasteiger partial charge in [-0.05, 0) is 70.1 Å². The average molecular weight is 299 g/mol. The van der Waals surface area contributed by atoms with E-state index in [1.807, 2.05) is 7.05 Å². The van der Waals surface area contributed by atoms with Crippen molar-refractivity contribution < 1.29 is 4.39 Å². The Bertz CT molecular complexity index is 420. The molecule has 1 aromatic rings. The van der Waals surface area contributed by atoms with E-state index in [1.165, 1.54) is 12.5 Å². The van der Waals surface area contributed by atoms with Crippen LogP contribution in [0.25, 0.3) is 0 Å². The number of piperidine rings is 1. The molecule has 2 unspecified atom stereocenters. The van der Waals surface area contributed by atoms with Crippen molar-refractivity contribution in [2.75, 3.05) is 26.7 Å². The van der Waals surface area contributed by atoms with Gasteiger partial charge in [0.25, 0.3) is 0 Å². The molecule has 0 saturated carbocycles. The normalized spacial score (nSPS) is 24.0. The van der Waals surface area contributed by atoms with Crippen molar-refractivity contribution in [2.24, 2.45) is 5.92 Å². The fourth-order valence-electron chi connectivity index (χ4n) is 3.36. The number of benzene rings is 1. The molecule has 2 rings (SSSR count). The lowest BCUT2D eigenvalue weighted by Gasteiger charge is -2.42. The van der Waals surface area contributed by atoms with E-state index in [-0.39, 0.29) is 11.9 Å². The lowest BCUT2D eigenvalue weighted by Crippen LogP contribution is -2.42. The minimum atomic E-state index is -0.136. The highest BCUT2D eigenvalue weighted by Crippen LogP contribution is 2.37. The molecule has 0 spiro atoms. The van der Waals surface area contributed by atoms with E-state index in [4.69, 9.17) is 11.6 Å². The number of nitrogens with zero attached hydrogens (tertiary/aromatic N) is 1. The third-order valence-electron chi connectivity index (χ3n) is 4.11. The van der Waals surface area contributed by atoms with Crippen LogP contribution in [0.2, 0.25) is 5.02 Å². The molecular formula is C16H24ClFN2. The van der Waals surface area contributed by atoms with Gasteiger partial charge in [-0.2, -0.15) is 0 Å². The molecule has 1 fully saturated rings. The van der Waals surface area contributed by atoms with Crippen molar-refractivity contribution in [1.29, 1.82) is 0 Å². The van der Waals surface area contributed by atoms with Crippen molar-refractivity contribution in [3.8, 4) is 0 Å². The molecule has 1 saturated heterocycles. The second-order valence-electron chi connectivity index (χ2n) is 5.61. The lowest BCUT2D eigenvalue weighted by atomic mass is 9.84. The summed E-state index contributed by atoms with van der Waals surface area (Å²) in [5, 5.41) is 3.87. The number of hydrogen-bond donors (Lipinski definition) is 1. The average Bonchev–Trinajstić information content (AvgIpc) is 2.43.